The van der Waals surface area contributed by atoms with Gasteiger partial charge in [-0.05, 0) is 63.9 Å². The van der Waals surface area contributed by atoms with Crippen LogP contribution in [-0.2, 0) is 4.79 Å². The van der Waals surface area contributed by atoms with Crippen LogP contribution in [0.1, 0.15) is 94.3 Å². The van der Waals surface area contributed by atoms with Crippen LogP contribution >= 0.6 is 11.3 Å². The Morgan fingerprint density at radius 1 is 1.23 bits per heavy atom. The van der Waals surface area contributed by atoms with Gasteiger partial charge in [0.2, 0.25) is 5.91 Å². The summed E-state index contributed by atoms with van der Waals surface area (Å²) in [5.74, 6) is 6.23. The smallest absolute Gasteiger partial charge is 0.338 e. The number of hydrogen-bond donors (Lipinski definition) is 2. The number of hydrogen-bond acceptors (Lipinski definition) is 4. The van der Waals surface area contributed by atoms with E-state index in [1.807, 2.05) is 13.8 Å². The molecule has 1 aromatic heterocycles. The molecule has 2 saturated carbocycles. The lowest BCUT2D eigenvalue weighted by Gasteiger charge is -2.36. The van der Waals surface area contributed by atoms with Crippen molar-refractivity contribution in [2.45, 2.75) is 90.6 Å². The molecular weight excluding hydrogens is 408 g/mol. The number of carboxylic acids is 1. The molecule has 0 bridgehead atoms. The number of anilines is 1. The van der Waals surface area contributed by atoms with E-state index in [0.29, 0.717) is 21.7 Å². The van der Waals surface area contributed by atoms with Crippen molar-refractivity contribution >= 4 is 28.2 Å². The highest BCUT2D eigenvalue weighted by Gasteiger charge is 2.37. The van der Waals surface area contributed by atoms with E-state index in [1.165, 1.54) is 17.8 Å². The zero-order chi connectivity index (χ0) is 22.8. The Hall–Kier alpha value is -1.84. The summed E-state index contributed by atoms with van der Waals surface area (Å²) in [5.41, 5.74) is 6.10. The summed E-state index contributed by atoms with van der Waals surface area (Å²) in [6.45, 7) is 8.27. The van der Waals surface area contributed by atoms with Gasteiger partial charge in [0.1, 0.15) is 5.00 Å². The van der Waals surface area contributed by atoms with Gasteiger partial charge in [-0.3, -0.25) is 4.79 Å². The first-order valence-corrected chi connectivity index (χ1v) is 12.4. The zero-order valence-corrected chi connectivity index (χ0v) is 20.1. The lowest BCUT2D eigenvalue weighted by atomic mass is 9.75. The van der Waals surface area contributed by atoms with Crippen molar-refractivity contribution in [1.82, 2.24) is 0 Å². The predicted molar refractivity (Wildman–Crippen MR) is 126 cm³/mol. The molecule has 170 valence electrons. The summed E-state index contributed by atoms with van der Waals surface area (Å²) in [5, 5.41) is 10.3. The number of amides is 1. The maximum Gasteiger partial charge on any atom is 0.338 e. The minimum atomic E-state index is -1.02. The third-order valence-electron chi connectivity index (χ3n) is 6.84. The van der Waals surface area contributed by atoms with Crippen molar-refractivity contribution in [1.29, 1.82) is 0 Å². The summed E-state index contributed by atoms with van der Waals surface area (Å²) in [6.07, 6.45) is 8.03. The number of rotatable bonds is 4. The molecule has 1 heterocycles. The molecule has 5 nitrogen and oxygen atoms in total. The van der Waals surface area contributed by atoms with Gasteiger partial charge < -0.3 is 15.7 Å². The van der Waals surface area contributed by atoms with Crippen LogP contribution in [0.15, 0.2) is 6.07 Å². The van der Waals surface area contributed by atoms with Crippen LogP contribution in [0.3, 0.4) is 0 Å². The number of thiophene rings is 1. The zero-order valence-electron chi connectivity index (χ0n) is 19.2. The van der Waals surface area contributed by atoms with Crippen LogP contribution in [0.5, 0.6) is 0 Å². The average Bonchev–Trinajstić information content (AvgIpc) is 3.11. The van der Waals surface area contributed by atoms with Gasteiger partial charge in [-0.15, -0.1) is 11.3 Å². The maximum atomic E-state index is 13.6. The topological polar surface area (TPSA) is 83.6 Å². The lowest BCUT2D eigenvalue weighted by molar-refractivity contribution is -0.125. The molecule has 31 heavy (non-hydrogen) atoms. The first-order valence-electron chi connectivity index (χ1n) is 11.6. The van der Waals surface area contributed by atoms with Gasteiger partial charge in [-0.25, -0.2) is 4.79 Å². The second-order valence-corrected chi connectivity index (χ2v) is 10.9. The Balaban J connectivity index is 1.93. The van der Waals surface area contributed by atoms with Crippen molar-refractivity contribution in [3.8, 4) is 11.8 Å². The van der Waals surface area contributed by atoms with Crippen LogP contribution in [0, 0.1) is 29.6 Å². The third-order valence-corrected chi connectivity index (χ3v) is 7.89. The number of nitrogens with two attached hydrogens (primary N) is 1. The van der Waals surface area contributed by atoms with Gasteiger partial charge >= 0.3 is 5.97 Å². The van der Waals surface area contributed by atoms with Gasteiger partial charge in [0.05, 0.1) is 16.0 Å². The molecule has 3 N–H and O–H groups in total. The Morgan fingerprint density at radius 3 is 2.48 bits per heavy atom. The van der Waals surface area contributed by atoms with E-state index in [-0.39, 0.29) is 23.4 Å². The minimum Gasteiger partial charge on any atom is -0.478 e. The van der Waals surface area contributed by atoms with E-state index in [9.17, 15) is 14.7 Å². The fourth-order valence-electron chi connectivity index (χ4n) is 5.07. The quantitative estimate of drug-likeness (QED) is 0.620. The second-order valence-electron chi connectivity index (χ2n) is 9.91. The molecule has 0 aliphatic heterocycles. The van der Waals surface area contributed by atoms with E-state index >= 15 is 0 Å². The molecule has 6 heteroatoms. The minimum absolute atomic E-state index is 0.0424. The van der Waals surface area contributed by atoms with E-state index in [0.717, 1.165) is 44.9 Å². The molecule has 1 aromatic rings. The van der Waals surface area contributed by atoms with E-state index in [4.69, 9.17) is 5.73 Å². The van der Waals surface area contributed by atoms with Crippen LogP contribution in [0.2, 0.25) is 0 Å². The van der Waals surface area contributed by atoms with Gasteiger partial charge in [0.15, 0.2) is 0 Å². The summed E-state index contributed by atoms with van der Waals surface area (Å²) < 4.78 is 0. The molecule has 0 saturated heterocycles. The highest BCUT2D eigenvalue weighted by molar-refractivity contribution is 7.17. The molecule has 1 amide bonds. The molecule has 0 unspecified atom stereocenters. The van der Waals surface area contributed by atoms with Crippen LogP contribution in [-0.4, -0.2) is 28.6 Å². The fourth-order valence-corrected chi connectivity index (χ4v) is 6.21. The van der Waals surface area contributed by atoms with Gasteiger partial charge in [-0.2, -0.15) is 0 Å². The van der Waals surface area contributed by atoms with E-state index in [1.54, 1.807) is 11.0 Å². The first kappa shape index (κ1) is 23.8. The second kappa shape index (κ2) is 9.75. The number of carbonyl (C=O) groups excluding carboxylic acids is 1. The number of nitrogens with zero attached hydrogens (tertiary/aromatic N) is 1. The third kappa shape index (κ3) is 5.51. The van der Waals surface area contributed by atoms with Crippen molar-refractivity contribution in [3.05, 3.63) is 16.5 Å². The van der Waals surface area contributed by atoms with Crippen LogP contribution in [0.4, 0.5) is 5.00 Å². The monoisotopic (exact) mass is 444 g/mol. The molecule has 2 fully saturated rings. The van der Waals surface area contributed by atoms with Gasteiger partial charge in [0.25, 0.3) is 0 Å². The Bertz CT molecular complexity index is 873. The molecular formula is C25H36N2O3S. The Kier molecular flexibility index (Phi) is 7.49. The maximum absolute atomic E-state index is 13.6. The molecule has 3 atom stereocenters. The summed E-state index contributed by atoms with van der Waals surface area (Å²) >= 11 is 1.30. The molecule has 0 spiro atoms. The standard InChI is InChI=1S/C25H36N2O3S/c1-16(2)27(22(28)20-9-8-17(3)14-18(20)4)23-21(24(29)30)15-19(31-23)10-13-25(26)11-6-5-7-12-25/h15-18,20H,5-9,11-12,14,26H2,1-4H3,(H,29,30)/t17-,18+,20-/m1/s1. The van der Waals surface area contributed by atoms with Crippen molar-refractivity contribution in [3.63, 3.8) is 0 Å². The molecule has 0 radical (unpaired) electrons. The number of aromatic carboxylic acids is 1. The van der Waals surface area contributed by atoms with Crippen molar-refractivity contribution < 1.29 is 14.7 Å². The Labute approximate surface area is 190 Å². The summed E-state index contributed by atoms with van der Waals surface area (Å²) in [4.78, 5) is 28.0. The van der Waals surface area contributed by atoms with Crippen LogP contribution < -0.4 is 10.6 Å². The summed E-state index contributed by atoms with van der Waals surface area (Å²) in [7, 11) is 0. The first-order chi connectivity index (χ1) is 14.6. The SMILES string of the molecule is CC(C)N(C(=O)[C@@H]1CC[C@@H](C)C[C@@H]1C)c1sc(C#CC2(N)CCCCC2)cc1C(=O)O. The fraction of sp³-hybridized carbons (Fsp3) is 0.680. The van der Waals surface area contributed by atoms with E-state index in [2.05, 4.69) is 25.7 Å². The van der Waals surface area contributed by atoms with Crippen LogP contribution in [0.25, 0.3) is 0 Å². The summed E-state index contributed by atoms with van der Waals surface area (Å²) in [6, 6.07) is 1.48. The van der Waals surface area contributed by atoms with Gasteiger partial charge in [0, 0.05) is 12.0 Å². The van der Waals surface area contributed by atoms with Crippen molar-refractivity contribution in [2.75, 3.05) is 4.90 Å². The van der Waals surface area contributed by atoms with Crippen molar-refractivity contribution in [2.24, 2.45) is 23.5 Å². The highest BCUT2D eigenvalue weighted by Crippen LogP contribution is 2.39. The highest BCUT2D eigenvalue weighted by atomic mass is 32.1. The molecule has 3 rings (SSSR count). The number of carbonyl (C=O) groups is 2. The predicted octanol–water partition coefficient (Wildman–Crippen LogP) is 5.27. The molecule has 0 aromatic carbocycles. The Morgan fingerprint density at radius 2 is 1.90 bits per heavy atom. The van der Waals surface area contributed by atoms with Gasteiger partial charge in [-0.1, -0.05) is 45.0 Å². The average molecular weight is 445 g/mol. The molecule has 2 aliphatic rings. The normalized spacial score (nSPS) is 25.5. The van der Waals surface area contributed by atoms with E-state index < -0.39 is 11.5 Å². The lowest BCUT2D eigenvalue weighted by Crippen LogP contribution is -2.44. The number of carboxylic acid groups (broad SMARTS) is 1. The largest absolute Gasteiger partial charge is 0.478 e. The molecule has 2 aliphatic carbocycles.